The van der Waals surface area contributed by atoms with E-state index in [2.05, 4.69) is 5.43 Å². The number of hydrogen-bond acceptors (Lipinski definition) is 4. The third-order valence-electron chi connectivity index (χ3n) is 2.61. The van der Waals surface area contributed by atoms with E-state index in [1.54, 1.807) is 42.1 Å². The number of phenolic OH excluding ortho intramolecular Hbond substituents is 1. The topological polar surface area (TPSA) is 75.3 Å². The molecule has 19 heavy (non-hydrogen) atoms. The van der Waals surface area contributed by atoms with Crippen LogP contribution in [0.15, 0.2) is 53.4 Å². The third-order valence-corrected chi connectivity index (χ3v) is 3.65. The highest BCUT2D eigenvalue weighted by molar-refractivity contribution is 7.98. The Hall–Kier alpha value is -1.98. The smallest absolute Gasteiger partial charge is 0.265 e. The zero-order valence-electron chi connectivity index (χ0n) is 10.2. The number of thioether (sulfide) groups is 1. The highest BCUT2D eigenvalue weighted by atomic mass is 32.2. The Labute approximate surface area is 115 Å². The Bertz CT molecular complexity index is 587. The van der Waals surface area contributed by atoms with E-state index in [-0.39, 0.29) is 11.7 Å². The molecule has 0 aliphatic rings. The van der Waals surface area contributed by atoms with Gasteiger partial charge in [-0.25, -0.2) is 5.84 Å². The normalized spacial score (nSPS) is 10.2. The number of amides is 1. The first-order valence-electron chi connectivity index (χ1n) is 5.71. The van der Waals surface area contributed by atoms with Crippen LogP contribution in [0.25, 0.3) is 0 Å². The summed E-state index contributed by atoms with van der Waals surface area (Å²) in [4.78, 5) is 12.6. The molecular formula is C14H14N2O2S. The molecule has 1 amide bonds. The fourth-order valence-electron chi connectivity index (χ4n) is 1.68. The number of hydrogen-bond donors (Lipinski definition) is 3. The monoisotopic (exact) mass is 274 g/mol. The minimum Gasteiger partial charge on any atom is -0.508 e. The van der Waals surface area contributed by atoms with Gasteiger partial charge in [-0.05, 0) is 29.8 Å². The van der Waals surface area contributed by atoms with Gasteiger partial charge in [-0.3, -0.25) is 10.2 Å². The Morgan fingerprint density at radius 3 is 2.74 bits per heavy atom. The molecule has 0 saturated heterocycles. The van der Waals surface area contributed by atoms with Gasteiger partial charge in [0.15, 0.2) is 0 Å². The molecule has 5 heteroatoms. The second kappa shape index (κ2) is 6.26. The molecule has 0 aliphatic carbocycles. The van der Waals surface area contributed by atoms with E-state index in [1.165, 1.54) is 0 Å². The van der Waals surface area contributed by atoms with Gasteiger partial charge in [-0.2, -0.15) is 0 Å². The lowest BCUT2D eigenvalue weighted by Gasteiger charge is -2.08. The Balaban J connectivity index is 2.13. The highest BCUT2D eigenvalue weighted by Crippen LogP contribution is 2.26. The number of phenols is 1. The van der Waals surface area contributed by atoms with Gasteiger partial charge in [0.1, 0.15) is 5.75 Å². The average molecular weight is 274 g/mol. The fraction of sp³-hybridized carbons (Fsp3) is 0.0714. The molecule has 0 heterocycles. The SMILES string of the molecule is NNC(=O)c1ccccc1CSc1cccc(O)c1. The van der Waals surface area contributed by atoms with Crippen molar-refractivity contribution in [1.82, 2.24) is 5.43 Å². The summed E-state index contributed by atoms with van der Waals surface area (Å²) in [6, 6.07) is 14.3. The van der Waals surface area contributed by atoms with Crippen molar-refractivity contribution in [2.45, 2.75) is 10.6 Å². The molecule has 4 nitrogen and oxygen atoms in total. The van der Waals surface area contributed by atoms with E-state index in [1.807, 2.05) is 18.2 Å². The van der Waals surface area contributed by atoms with E-state index in [4.69, 9.17) is 5.84 Å². The number of carbonyl (C=O) groups excluding carboxylic acids is 1. The summed E-state index contributed by atoms with van der Waals surface area (Å²) < 4.78 is 0. The van der Waals surface area contributed by atoms with Crippen LogP contribution in [-0.2, 0) is 5.75 Å². The van der Waals surface area contributed by atoms with Crippen LogP contribution in [0.5, 0.6) is 5.75 Å². The Morgan fingerprint density at radius 1 is 1.21 bits per heavy atom. The molecule has 0 aliphatic heterocycles. The minimum atomic E-state index is -0.299. The molecule has 2 aromatic rings. The quantitative estimate of drug-likeness (QED) is 0.346. The van der Waals surface area contributed by atoms with Gasteiger partial charge < -0.3 is 5.11 Å². The van der Waals surface area contributed by atoms with Crippen LogP contribution >= 0.6 is 11.8 Å². The van der Waals surface area contributed by atoms with E-state index in [0.29, 0.717) is 11.3 Å². The molecule has 0 saturated carbocycles. The predicted molar refractivity (Wildman–Crippen MR) is 75.8 cm³/mol. The number of hydrazine groups is 1. The maximum Gasteiger partial charge on any atom is 0.265 e. The lowest BCUT2D eigenvalue weighted by atomic mass is 10.1. The Kier molecular flexibility index (Phi) is 4.43. The van der Waals surface area contributed by atoms with E-state index in [9.17, 15) is 9.90 Å². The maximum absolute atomic E-state index is 11.6. The van der Waals surface area contributed by atoms with Crippen LogP contribution in [-0.4, -0.2) is 11.0 Å². The summed E-state index contributed by atoms with van der Waals surface area (Å²) in [6.07, 6.45) is 0. The molecule has 0 radical (unpaired) electrons. The van der Waals surface area contributed by atoms with Crippen molar-refractivity contribution in [2.24, 2.45) is 5.84 Å². The highest BCUT2D eigenvalue weighted by Gasteiger charge is 2.09. The van der Waals surface area contributed by atoms with Crippen molar-refractivity contribution in [3.05, 3.63) is 59.7 Å². The first-order valence-corrected chi connectivity index (χ1v) is 6.70. The van der Waals surface area contributed by atoms with E-state index in [0.717, 1.165) is 10.5 Å². The summed E-state index contributed by atoms with van der Waals surface area (Å²) in [7, 11) is 0. The van der Waals surface area contributed by atoms with Gasteiger partial charge in [-0.1, -0.05) is 24.3 Å². The van der Waals surface area contributed by atoms with Gasteiger partial charge in [0.2, 0.25) is 0 Å². The van der Waals surface area contributed by atoms with Gasteiger partial charge >= 0.3 is 0 Å². The third kappa shape index (κ3) is 3.49. The van der Waals surface area contributed by atoms with Crippen molar-refractivity contribution >= 4 is 17.7 Å². The number of rotatable bonds is 4. The molecule has 0 atom stereocenters. The first kappa shape index (κ1) is 13.5. The van der Waals surface area contributed by atoms with Crippen molar-refractivity contribution in [3.8, 4) is 5.75 Å². The molecule has 0 fully saturated rings. The van der Waals surface area contributed by atoms with Crippen LogP contribution in [0.3, 0.4) is 0 Å². The molecule has 0 bridgehead atoms. The second-order valence-corrected chi connectivity index (χ2v) is 4.97. The molecule has 0 unspecified atom stereocenters. The summed E-state index contributed by atoms with van der Waals surface area (Å²) >= 11 is 1.55. The van der Waals surface area contributed by atoms with Crippen LogP contribution < -0.4 is 11.3 Å². The van der Waals surface area contributed by atoms with Crippen LogP contribution in [0.1, 0.15) is 15.9 Å². The van der Waals surface area contributed by atoms with Gasteiger partial charge in [0, 0.05) is 16.2 Å². The number of nitrogens with two attached hydrogens (primary N) is 1. The number of benzene rings is 2. The molecule has 2 rings (SSSR count). The summed E-state index contributed by atoms with van der Waals surface area (Å²) in [5.41, 5.74) is 3.61. The summed E-state index contributed by atoms with van der Waals surface area (Å²) in [6.45, 7) is 0. The number of carbonyl (C=O) groups is 1. The molecule has 4 N–H and O–H groups in total. The van der Waals surface area contributed by atoms with Crippen LogP contribution in [0, 0.1) is 0 Å². The average Bonchev–Trinajstić information content (AvgIpc) is 2.45. The van der Waals surface area contributed by atoms with Crippen LogP contribution in [0.2, 0.25) is 0 Å². The van der Waals surface area contributed by atoms with Crippen molar-refractivity contribution in [2.75, 3.05) is 0 Å². The number of nitrogen functional groups attached to an aromatic ring is 1. The number of aromatic hydroxyl groups is 1. The largest absolute Gasteiger partial charge is 0.508 e. The zero-order chi connectivity index (χ0) is 13.7. The summed E-state index contributed by atoms with van der Waals surface area (Å²) in [5.74, 6) is 5.73. The Morgan fingerprint density at radius 2 is 2.00 bits per heavy atom. The summed E-state index contributed by atoms with van der Waals surface area (Å²) in [5, 5.41) is 9.40. The van der Waals surface area contributed by atoms with Crippen LogP contribution in [0.4, 0.5) is 0 Å². The second-order valence-electron chi connectivity index (χ2n) is 3.92. The van der Waals surface area contributed by atoms with Gasteiger partial charge in [-0.15, -0.1) is 11.8 Å². The fourth-order valence-corrected chi connectivity index (χ4v) is 2.63. The number of nitrogens with one attached hydrogen (secondary N) is 1. The molecular weight excluding hydrogens is 260 g/mol. The zero-order valence-corrected chi connectivity index (χ0v) is 11.0. The molecule has 0 spiro atoms. The first-order chi connectivity index (χ1) is 9.20. The van der Waals surface area contributed by atoms with E-state index < -0.39 is 0 Å². The lowest BCUT2D eigenvalue weighted by Crippen LogP contribution is -2.30. The van der Waals surface area contributed by atoms with E-state index >= 15 is 0 Å². The van der Waals surface area contributed by atoms with Crippen molar-refractivity contribution in [3.63, 3.8) is 0 Å². The van der Waals surface area contributed by atoms with Gasteiger partial charge in [0.05, 0.1) is 0 Å². The maximum atomic E-state index is 11.6. The molecule has 2 aromatic carbocycles. The van der Waals surface area contributed by atoms with Crippen molar-refractivity contribution in [1.29, 1.82) is 0 Å². The lowest BCUT2D eigenvalue weighted by molar-refractivity contribution is 0.0953. The molecule has 0 aromatic heterocycles. The predicted octanol–water partition coefficient (Wildman–Crippen LogP) is 2.29. The van der Waals surface area contributed by atoms with Gasteiger partial charge in [0.25, 0.3) is 5.91 Å². The standard InChI is InChI=1S/C14H14N2O2S/c15-16-14(18)13-7-2-1-4-10(13)9-19-12-6-3-5-11(17)8-12/h1-8,17H,9,15H2,(H,16,18). The molecule has 98 valence electrons. The van der Waals surface area contributed by atoms with Crippen molar-refractivity contribution < 1.29 is 9.90 Å². The minimum absolute atomic E-state index is 0.234.